The number of ether oxygens (including phenoxy) is 2. The molecule has 0 unspecified atom stereocenters. The molecule has 33 heavy (non-hydrogen) atoms. The van der Waals surface area contributed by atoms with Crippen molar-refractivity contribution in [3.05, 3.63) is 62.5 Å². The van der Waals surface area contributed by atoms with Gasteiger partial charge in [-0.05, 0) is 47.7 Å². The van der Waals surface area contributed by atoms with Gasteiger partial charge >= 0.3 is 0 Å². The minimum atomic E-state index is -0.588. The number of carbonyl (C=O) groups is 3. The van der Waals surface area contributed by atoms with Crippen LogP contribution < -0.4 is 20.1 Å². The van der Waals surface area contributed by atoms with Crippen molar-refractivity contribution in [2.45, 2.75) is 0 Å². The van der Waals surface area contributed by atoms with Gasteiger partial charge in [-0.3, -0.25) is 29.4 Å². The summed E-state index contributed by atoms with van der Waals surface area (Å²) < 4.78 is 10.6. The van der Waals surface area contributed by atoms with Crippen LogP contribution in [0.15, 0.2) is 41.3 Å². The minimum absolute atomic E-state index is 0.00421. The van der Waals surface area contributed by atoms with Crippen LogP contribution >= 0.6 is 11.8 Å². The lowest BCUT2D eigenvalue weighted by Crippen LogP contribution is -2.37. The normalized spacial score (nSPS) is 15.8. The van der Waals surface area contributed by atoms with Gasteiger partial charge in [-0.2, -0.15) is 0 Å². The molecule has 11 nitrogen and oxygen atoms in total. The molecule has 1 fully saturated rings. The molecular weight excluding hydrogens is 452 g/mol. The third-order valence-corrected chi connectivity index (χ3v) is 5.82. The molecule has 12 heteroatoms. The number of hydrogen-bond donors (Lipinski definition) is 2. The van der Waals surface area contributed by atoms with Gasteiger partial charge in [-0.25, -0.2) is 0 Å². The summed E-state index contributed by atoms with van der Waals surface area (Å²) in [6.45, 7) is 0.0926. The zero-order chi connectivity index (χ0) is 23.5. The van der Waals surface area contributed by atoms with Gasteiger partial charge in [0.15, 0.2) is 11.5 Å². The van der Waals surface area contributed by atoms with Crippen molar-refractivity contribution in [3.63, 3.8) is 0 Å². The maximum atomic E-state index is 12.7. The van der Waals surface area contributed by atoms with E-state index >= 15 is 0 Å². The second-order valence-electron chi connectivity index (χ2n) is 6.94. The van der Waals surface area contributed by atoms with E-state index in [1.807, 2.05) is 0 Å². The van der Waals surface area contributed by atoms with Crippen LogP contribution in [0.4, 0.5) is 16.2 Å². The van der Waals surface area contributed by atoms with E-state index in [0.29, 0.717) is 17.1 Å². The fourth-order valence-electron chi connectivity index (χ4n) is 3.27. The largest absolute Gasteiger partial charge is 0.454 e. The van der Waals surface area contributed by atoms with Crippen molar-refractivity contribution in [3.8, 4) is 11.5 Å². The summed E-state index contributed by atoms with van der Waals surface area (Å²) in [5.74, 6) is 0.158. The molecule has 2 heterocycles. The maximum absolute atomic E-state index is 12.7. The molecule has 4 rings (SSSR count). The number of anilines is 1. The SMILES string of the molecule is CNc1ccc(C(=O)NCCN2C(=O)S/C(=C\c3ccc4c(c3)OCO4)C2=O)cc1[N+](=O)[O-]. The second-order valence-corrected chi connectivity index (χ2v) is 7.93. The first-order valence-corrected chi connectivity index (χ1v) is 10.6. The quantitative estimate of drug-likeness (QED) is 0.355. The molecule has 3 amide bonds. The molecule has 0 aromatic heterocycles. The lowest BCUT2D eigenvalue weighted by Gasteiger charge is -2.13. The Morgan fingerprint density at radius 2 is 2.00 bits per heavy atom. The fraction of sp³-hybridized carbons (Fsp3) is 0.190. The number of nitrogens with one attached hydrogen (secondary N) is 2. The van der Waals surface area contributed by atoms with E-state index in [2.05, 4.69) is 10.6 Å². The molecule has 2 aromatic rings. The maximum Gasteiger partial charge on any atom is 0.293 e. The number of thioether (sulfide) groups is 1. The average molecular weight is 470 g/mol. The Bertz CT molecular complexity index is 1200. The van der Waals surface area contributed by atoms with E-state index in [-0.39, 0.29) is 41.7 Å². The molecule has 0 aliphatic carbocycles. The summed E-state index contributed by atoms with van der Waals surface area (Å²) in [6, 6.07) is 9.23. The van der Waals surface area contributed by atoms with Gasteiger partial charge < -0.3 is 20.1 Å². The van der Waals surface area contributed by atoms with Gasteiger partial charge in [0.2, 0.25) is 6.79 Å². The van der Waals surface area contributed by atoms with Crippen molar-refractivity contribution in [1.82, 2.24) is 10.2 Å². The molecule has 0 atom stereocenters. The highest BCUT2D eigenvalue weighted by Crippen LogP contribution is 2.36. The van der Waals surface area contributed by atoms with E-state index < -0.39 is 22.0 Å². The lowest BCUT2D eigenvalue weighted by atomic mass is 10.1. The smallest absolute Gasteiger partial charge is 0.293 e. The van der Waals surface area contributed by atoms with E-state index in [0.717, 1.165) is 22.7 Å². The molecule has 0 bridgehead atoms. The van der Waals surface area contributed by atoms with Crippen LogP contribution in [-0.4, -0.2) is 53.8 Å². The Morgan fingerprint density at radius 1 is 1.21 bits per heavy atom. The van der Waals surface area contributed by atoms with Gasteiger partial charge in [0.25, 0.3) is 22.7 Å². The Balaban J connectivity index is 1.37. The van der Waals surface area contributed by atoms with Crippen LogP contribution in [0, 0.1) is 10.1 Å². The van der Waals surface area contributed by atoms with Gasteiger partial charge in [0, 0.05) is 31.8 Å². The highest BCUT2D eigenvalue weighted by Gasteiger charge is 2.34. The van der Waals surface area contributed by atoms with Gasteiger partial charge in [-0.15, -0.1) is 0 Å². The molecule has 170 valence electrons. The molecule has 1 saturated heterocycles. The van der Waals surface area contributed by atoms with Crippen molar-refractivity contribution in [2.24, 2.45) is 0 Å². The Hall–Kier alpha value is -4.06. The average Bonchev–Trinajstić information content (AvgIpc) is 3.37. The zero-order valence-electron chi connectivity index (χ0n) is 17.3. The van der Waals surface area contributed by atoms with Gasteiger partial charge in [0.05, 0.1) is 9.83 Å². The first kappa shape index (κ1) is 22.1. The Morgan fingerprint density at radius 3 is 2.76 bits per heavy atom. The Labute approximate surface area is 191 Å². The van der Waals surface area contributed by atoms with Crippen LogP contribution in [0.5, 0.6) is 11.5 Å². The topological polar surface area (TPSA) is 140 Å². The third kappa shape index (κ3) is 4.60. The first-order chi connectivity index (χ1) is 15.9. The predicted molar refractivity (Wildman–Crippen MR) is 120 cm³/mol. The Kier molecular flexibility index (Phi) is 6.18. The number of imide groups is 1. The number of carbonyl (C=O) groups excluding carboxylic acids is 3. The van der Waals surface area contributed by atoms with Gasteiger partial charge in [-0.1, -0.05) is 6.07 Å². The fourth-order valence-corrected chi connectivity index (χ4v) is 4.13. The van der Waals surface area contributed by atoms with Crippen LogP contribution in [0.1, 0.15) is 15.9 Å². The third-order valence-electron chi connectivity index (χ3n) is 4.91. The molecule has 2 aromatic carbocycles. The van der Waals surface area contributed by atoms with Crippen LogP contribution in [0.2, 0.25) is 0 Å². The van der Waals surface area contributed by atoms with Crippen molar-refractivity contribution >= 4 is 46.3 Å². The molecule has 2 aliphatic heterocycles. The number of rotatable bonds is 7. The number of hydrogen-bond acceptors (Lipinski definition) is 9. The minimum Gasteiger partial charge on any atom is -0.454 e. The highest BCUT2D eigenvalue weighted by molar-refractivity contribution is 8.18. The second kappa shape index (κ2) is 9.20. The summed E-state index contributed by atoms with van der Waals surface area (Å²) in [7, 11) is 1.54. The molecule has 2 aliphatic rings. The van der Waals surface area contributed by atoms with Crippen LogP contribution in [0.3, 0.4) is 0 Å². The summed E-state index contributed by atoms with van der Waals surface area (Å²) in [5, 5.41) is 16.0. The summed E-state index contributed by atoms with van der Waals surface area (Å²) in [6.07, 6.45) is 1.59. The van der Waals surface area contributed by atoms with E-state index in [4.69, 9.17) is 9.47 Å². The molecule has 0 radical (unpaired) electrons. The standard InChI is InChI=1S/C21H18N4O7S/c1-22-14-4-3-13(10-15(14)25(29)30)19(26)23-6-7-24-20(27)18(33-21(24)28)9-12-2-5-16-17(8-12)32-11-31-16/h2-5,8-10,22H,6-7,11H2,1H3,(H,23,26)/b18-9-. The van der Waals surface area contributed by atoms with Crippen LogP contribution in [-0.2, 0) is 4.79 Å². The van der Waals surface area contributed by atoms with Crippen LogP contribution in [0.25, 0.3) is 6.08 Å². The monoisotopic (exact) mass is 470 g/mol. The van der Waals surface area contributed by atoms with E-state index in [1.165, 1.54) is 12.1 Å². The van der Waals surface area contributed by atoms with E-state index in [1.54, 1.807) is 31.3 Å². The zero-order valence-corrected chi connectivity index (χ0v) is 18.1. The number of fused-ring (bicyclic) bond motifs is 1. The van der Waals surface area contributed by atoms with Gasteiger partial charge in [0.1, 0.15) is 5.69 Å². The number of benzene rings is 2. The summed E-state index contributed by atoms with van der Waals surface area (Å²) >= 11 is 0.806. The van der Waals surface area contributed by atoms with Crippen molar-refractivity contribution in [1.29, 1.82) is 0 Å². The summed E-state index contributed by atoms with van der Waals surface area (Å²) in [5.41, 5.74) is 0.829. The number of nitro benzene ring substituents is 1. The number of nitro groups is 1. The highest BCUT2D eigenvalue weighted by atomic mass is 32.2. The lowest BCUT2D eigenvalue weighted by molar-refractivity contribution is -0.384. The molecule has 2 N–H and O–H groups in total. The van der Waals surface area contributed by atoms with E-state index in [9.17, 15) is 24.5 Å². The molecule has 0 spiro atoms. The predicted octanol–water partition coefficient (Wildman–Crippen LogP) is 2.83. The first-order valence-electron chi connectivity index (χ1n) is 9.77. The van der Waals surface area contributed by atoms with Crippen molar-refractivity contribution < 1.29 is 28.8 Å². The molecular formula is C21H18N4O7S. The van der Waals surface area contributed by atoms with Crippen molar-refractivity contribution in [2.75, 3.05) is 32.2 Å². The number of amides is 3. The summed E-state index contributed by atoms with van der Waals surface area (Å²) in [4.78, 5) is 49.2. The molecule has 0 saturated carbocycles. The number of nitrogens with zero attached hydrogens (tertiary/aromatic N) is 2.